The summed E-state index contributed by atoms with van der Waals surface area (Å²) in [5.74, 6) is 0. The number of hydrogen-bond donors (Lipinski definition) is 2. The van der Waals surface area contributed by atoms with Gasteiger partial charge in [0.2, 0.25) is 0 Å². The summed E-state index contributed by atoms with van der Waals surface area (Å²) in [4.78, 5) is 20.1. The summed E-state index contributed by atoms with van der Waals surface area (Å²) in [6.45, 7) is 1.73. The average molecular weight is 353 g/mol. The SMILES string of the molecule is CCCc1c(C#N)c(C(N)=S)c([N+](=O)[O-])c(C(N)=S)c1[N+](=O)[O-]. The molecular weight excluding hydrogens is 342 g/mol. The van der Waals surface area contributed by atoms with E-state index in [1.54, 1.807) is 13.0 Å². The second-order valence-electron chi connectivity index (χ2n) is 4.41. The van der Waals surface area contributed by atoms with Crippen molar-refractivity contribution in [2.75, 3.05) is 0 Å². The van der Waals surface area contributed by atoms with Crippen molar-refractivity contribution in [3.05, 3.63) is 42.5 Å². The Balaban J connectivity index is 4.29. The van der Waals surface area contributed by atoms with E-state index in [0.717, 1.165) is 0 Å². The highest BCUT2D eigenvalue weighted by atomic mass is 32.1. The van der Waals surface area contributed by atoms with Crippen LogP contribution in [0.1, 0.15) is 35.6 Å². The minimum Gasteiger partial charge on any atom is -0.389 e. The Morgan fingerprint density at radius 3 is 1.91 bits per heavy atom. The summed E-state index contributed by atoms with van der Waals surface area (Å²) in [6, 6.07) is 1.73. The molecule has 0 atom stereocenters. The predicted octanol–water partition coefficient (Wildman–Crippen LogP) is 1.60. The fraction of sp³-hybridized carbons (Fsp3) is 0.250. The molecule has 0 fully saturated rings. The molecule has 0 aliphatic carbocycles. The molecule has 9 nitrogen and oxygen atoms in total. The van der Waals surface area contributed by atoms with Crippen LogP contribution in [-0.4, -0.2) is 19.8 Å². The lowest BCUT2D eigenvalue weighted by atomic mass is 9.91. The van der Waals surface area contributed by atoms with E-state index in [1.165, 1.54) is 0 Å². The lowest BCUT2D eigenvalue weighted by Gasteiger charge is -2.13. The molecular formula is C12H11N5O4S2. The lowest BCUT2D eigenvalue weighted by molar-refractivity contribution is -0.394. The average Bonchev–Trinajstić information content (AvgIpc) is 2.44. The van der Waals surface area contributed by atoms with E-state index >= 15 is 0 Å². The minimum atomic E-state index is -0.924. The van der Waals surface area contributed by atoms with Crippen LogP contribution in [0, 0.1) is 31.6 Å². The molecule has 120 valence electrons. The summed E-state index contributed by atoms with van der Waals surface area (Å²) in [5, 5.41) is 32.2. The first-order chi connectivity index (χ1) is 10.7. The molecule has 0 aliphatic heterocycles. The van der Waals surface area contributed by atoms with Crippen LogP contribution in [0.5, 0.6) is 0 Å². The fourth-order valence-corrected chi connectivity index (χ4v) is 2.64. The summed E-state index contributed by atoms with van der Waals surface area (Å²) in [6.07, 6.45) is 0.559. The molecule has 1 rings (SSSR count). The third kappa shape index (κ3) is 3.22. The molecule has 4 N–H and O–H groups in total. The van der Waals surface area contributed by atoms with Crippen molar-refractivity contribution in [2.45, 2.75) is 19.8 Å². The van der Waals surface area contributed by atoms with E-state index in [-0.39, 0.29) is 23.1 Å². The van der Waals surface area contributed by atoms with Crippen molar-refractivity contribution in [3.63, 3.8) is 0 Å². The van der Waals surface area contributed by atoms with Gasteiger partial charge in [-0.25, -0.2) is 0 Å². The van der Waals surface area contributed by atoms with Gasteiger partial charge in [0.15, 0.2) is 5.56 Å². The third-order valence-corrected chi connectivity index (χ3v) is 3.43. The van der Waals surface area contributed by atoms with Crippen LogP contribution >= 0.6 is 24.4 Å². The van der Waals surface area contributed by atoms with Gasteiger partial charge >= 0.3 is 0 Å². The summed E-state index contributed by atoms with van der Waals surface area (Å²) in [7, 11) is 0. The quantitative estimate of drug-likeness (QED) is 0.439. The van der Waals surface area contributed by atoms with Crippen LogP contribution in [0.25, 0.3) is 0 Å². The molecule has 11 heteroatoms. The number of thiocarbonyl (C=S) groups is 2. The molecule has 1 aromatic carbocycles. The van der Waals surface area contributed by atoms with Gasteiger partial charge in [-0.1, -0.05) is 37.8 Å². The van der Waals surface area contributed by atoms with Crippen LogP contribution < -0.4 is 11.5 Å². The van der Waals surface area contributed by atoms with Gasteiger partial charge in [-0.05, 0) is 6.42 Å². The molecule has 0 spiro atoms. The standard InChI is InChI=1S/C12H11N5O4S2/c1-2-3-5-6(4-13)7(11(14)22)10(17(20)21)8(12(15)23)9(5)16(18)19/h2-3H2,1H3,(H2,14,22)(H2,15,23). The molecule has 23 heavy (non-hydrogen) atoms. The van der Waals surface area contributed by atoms with Gasteiger partial charge in [0.05, 0.1) is 15.4 Å². The zero-order chi connectivity index (χ0) is 17.9. The normalized spacial score (nSPS) is 9.91. The van der Waals surface area contributed by atoms with Crippen LogP contribution in [0.2, 0.25) is 0 Å². The number of nitrogens with zero attached hydrogens (tertiary/aromatic N) is 3. The van der Waals surface area contributed by atoms with Gasteiger partial charge in [0.25, 0.3) is 11.4 Å². The number of nitrogens with two attached hydrogens (primary N) is 2. The van der Waals surface area contributed by atoms with Crippen molar-refractivity contribution in [1.82, 2.24) is 0 Å². The third-order valence-electron chi connectivity index (χ3n) is 3.02. The van der Waals surface area contributed by atoms with Gasteiger partial charge in [-0.3, -0.25) is 20.2 Å². The number of nitriles is 1. The Morgan fingerprint density at radius 2 is 1.61 bits per heavy atom. The highest BCUT2D eigenvalue weighted by Gasteiger charge is 2.38. The Morgan fingerprint density at radius 1 is 1.13 bits per heavy atom. The van der Waals surface area contributed by atoms with Gasteiger partial charge in [0, 0.05) is 5.56 Å². The molecule has 0 saturated heterocycles. The molecule has 0 saturated carbocycles. The number of nitro benzene ring substituents is 2. The molecule has 0 aromatic heterocycles. The molecule has 0 amide bonds. The number of benzene rings is 1. The highest BCUT2D eigenvalue weighted by Crippen LogP contribution is 2.39. The Hall–Kier alpha value is -2.71. The molecule has 0 bridgehead atoms. The van der Waals surface area contributed by atoms with E-state index < -0.39 is 36.8 Å². The maximum atomic E-state index is 11.4. The molecule has 0 radical (unpaired) electrons. The topological polar surface area (TPSA) is 162 Å². The van der Waals surface area contributed by atoms with E-state index in [2.05, 4.69) is 0 Å². The summed E-state index contributed by atoms with van der Waals surface area (Å²) in [5.41, 5.74) is 8.31. The first-order valence-electron chi connectivity index (χ1n) is 6.20. The monoisotopic (exact) mass is 353 g/mol. The number of nitro groups is 2. The van der Waals surface area contributed by atoms with Crippen molar-refractivity contribution < 1.29 is 9.85 Å². The molecule has 0 aliphatic rings. The summed E-state index contributed by atoms with van der Waals surface area (Å²) >= 11 is 9.54. The smallest absolute Gasteiger partial charge is 0.298 e. The van der Waals surface area contributed by atoms with Crippen molar-refractivity contribution in [3.8, 4) is 6.07 Å². The molecule has 1 aromatic rings. The van der Waals surface area contributed by atoms with E-state index in [9.17, 15) is 25.5 Å². The largest absolute Gasteiger partial charge is 0.389 e. The van der Waals surface area contributed by atoms with Crippen LogP contribution in [0.3, 0.4) is 0 Å². The Labute approximate surface area is 141 Å². The van der Waals surface area contributed by atoms with Gasteiger partial charge < -0.3 is 11.5 Å². The summed E-state index contributed by atoms with van der Waals surface area (Å²) < 4.78 is 0. The maximum absolute atomic E-state index is 11.4. The molecule has 0 unspecified atom stereocenters. The zero-order valence-electron chi connectivity index (χ0n) is 11.9. The molecule has 0 heterocycles. The van der Waals surface area contributed by atoms with Crippen molar-refractivity contribution >= 4 is 45.8 Å². The van der Waals surface area contributed by atoms with E-state index in [0.29, 0.717) is 6.42 Å². The highest BCUT2D eigenvalue weighted by molar-refractivity contribution is 7.81. The van der Waals surface area contributed by atoms with E-state index in [1.807, 2.05) is 0 Å². The van der Waals surface area contributed by atoms with Gasteiger partial charge in [-0.2, -0.15) is 5.26 Å². The maximum Gasteiger partial charge on any atom is 0.298 e. The van der Waals surface area contributed by atoms with Crippen LogP contribution in [0.4, 0.5) is 11.4 Å². The van der Waals surface area contributed by atoms with Gasteiger partial charge in [0.1, 0.15) is 21.6 Å². The Bertz CT molecular complexity index is 785. The van der Waals surface area contributed by atoms with E-state index in [4.69, 9.17) is 35.9 Å². The first-order valence-corrected chi connectivity index (χ1v) is 7.01. The zero-order valence-corrected chi connectivity index (χ0v) is 13.5. The van der Waals surface area contributed by atoms with Gasteiger partial charge in [-0.15, -0.1) is 0 Å². The predicted molar refractivity (Wildman–Crippen MR) is 90.2 cm³/mol. The van der Waals surface area contributed by atoms with Crippen LogP contribution in [-0.2, 0) is 6.42 Å². The second kappa shape index (κ2) is 7.03. The lowest BCUT2D eigenvalue weighted by Crippen LogP contribution is -2.23. The minimum absolute atomic E-state index is 0.0174. The Kier molecular flexibility index (Phi) is 5.61. The van der Waals surface area contributed by atoms with Crippen LogP contribution in [0.15, 0.2) is 0 Å². The second-order valence-corrected chi connectivity index (χ2v) is 5.28. The van der Waals surface area contributed by atoms with Crippen molar-refractivity contribution in [1.29, 1.82) is 5.26 Å². The first kappa shape index (κ1) is 18.3. The number of rotatable bonds is 6. The number of hydrogen-bond acceptors (Lipinski definition) is 7. The van der Waals surface area contributed by atoms with Crippen molar-refractivity contribution in [2.24, 2.45) is 11.5 Å². The fourth-order valence-electron chi connectivity index (χ4n) is 2.25.